The first kappa shape index (κ1) is 12.0. The van der Waals surface area contributed by atoms with E-state index >= 15 is 0 Å². The van der Waals surface area contributed by atoms with Gasteiger partial charge >= 0.3 is 6.09 Å². The molecule has 0 aromatic heterocycles. The fourth-order valence-corrected chi connectivity index (χ4v) is 1.83. The van der Waals surface area contributed by atoms with Crippen LogP contribution in [0.5, 0.6) is 0 Å². The quantitative estimate of drug-likeness (QED) is 0.712. The van der Waals surface area contributed by atoms with Crippen molar-refractivity contribution in [1.82, 2.24) is 0 Å². The number of methoxy groups -OCH3 is 1. The van der Waals surface area contributed by atoms with Gasteiger partial charge in [0.2, 0.25) is 0 Å². The minimum Gasteiger partial charge on any atom is -0.442 e. The van der Waals surface area contributed by atoms with E-state index in [0.29, 0.717) is 5.92 Å². The predicted molar refractivity (Wildman–Crippen MR) is 57.4 cm³/mol. The van der Waals surface area contributed by atoms with Crippen molar-refractivity contribution < 1.29 is 14.3 Å². The van der Waals surface area contributed by atoms with Gasteiger partial charge in [-0.05, 0) is 31.3 Å². The number of rotatable bonds is 2. The summed E-state index contributed by atoms with van der Waals surface area (Å²) in [6.45, 7) is 2.12. The minimum absolute atomic E-state index is 0.206. The van der Waals surface area contributed by atoms with Gasteiger partial charge in [0.1, 0.15) is 6.10 Å². The molecule has 15 heavy (non-hydrogen) atoms. The molecule has 1 aliphatic rings. The Balaban J connectivity index is 2.56. The molecule has 2 N–H and O–H groups in total. The third kappa shape index (κ3) is 4.34. The second kappa shape index (κ2) is 5.75. The number of carbonyl (C=O) groups is 1. The number of hydrogen-bond donors (Lipinski definition) is 1. The lowest BCUT2D eigenvalue weighted by Crippen LogP contribution is -2.25. The van der Waals surface area contributed by atoms with Crippen LogP contribution in [0, 0.1) is 5.92 Å². The highest BCUT2D eigenvalue weighted by molar-refractivity contribution is 5.65. The molecule has 3 atom stereocenters. The molecule has 0 saturated heterocycles. The van der Waals surface area contributed by atoms with Crippen molar-refractivity contribution in [2.75, 3.05) is 7.11 Å². The molecule has 0 aromatic rings. The van der Waals surface area contributed by atoms with E-state index in [1.54, 1.807) is 7.11 Å². The maximum Gasteiger partial charge on any atom is 0.405 e. The molecule has 1 rings (SSSR count). The Kier molecular flexibility index (Phi) is 4.62. The van der Waals surface area contributed by atoms with E-state index in [9.17, 15) is 4.79 Å². The summed E-state index contributed by atoms with van der Waals surface area (Å²) in [7, 11) is 1.71. The van der Waals surface area contributed by atoms with Crippen LogP contribution in [-0.4, -0.2) is 25.4 Å². The zero-order chi connectivity index (χ0) is 11.3. The first-order valence-electron chi connectivity index (χ1n) is 5.29. The molecule has 0 radical (unpaired) electrons. The predicted octanol–water partition coefficient (Wildman–Crippen LogP) is 1.84. The van der Waals surface area contributed by atoms with Crippen molar-refractivity contribution in [2.24, 2.45) is 11.7 Å². The van der Waals surface area contributed by atoms with Crippen LogP contribution in [0.15, 0.2) is 12.2 Å². The van der Waals surface area contributed by atoms with Gasteiger partial charge in [-0.25, -0.2) is 4.79 Å². The number of carbonyl (C=O) groups excluding carboxylic acids is 1. The van der Waals surface area contributed by atoms with E-state index in [4.69, 9.17) is 15.2 Å². The van der Waals surface area contributed by atoms with Gasteiger partial charge < -0.3 is 15.2 Å². The Morgan fingerprint density at radius 3 is 2.73 bits per heavy atom. The van der Waals surface area contributed by atoms with E-state index in [2.05, 4.69) is 13.0 Å². The van der Waals surface area contributed by atoms with Crippen LogP contribution >= 0.6 is 0 Å². The van der Waals surface area contributed by atoms with E-state index in [-0.39, 0.29) is 12.2 Å². The summed E-state index contributed by atoms with van der Waals surface area (Å²) in [6, 6.07) is 0. The van der Waals surface area contributed by atoms with E-state index < -0.39 is 6.09 Å². The van der Waals surface area contributed by atoms with Crippen LogP contribution in [-0.2, 0) is 9.47 Å². The molecular weight excluding hydrogens is 194 g/mol. The SMILES string of the molecule is COC1CCC(OC(N)=O)C=CC(C)C1. The molecule has 0 saturated carbocycles. The summed E-state index contributed by atoms with van der Waals surface area (Å²) in [6.07, 6.45) is 5.96. The summed E-state index contributed by atoms with van der Waals surface area (Å²) in [5, 5.41) is 0. The molecule has 1 amide bonds. The van der Waals surface area contributed by atoms with Crippen LogP contribution in [0.25, 0.3) is 0 Å². The fourth-order valence-electron chi connectivity index (χ4n) is 1.83. The monoisotopic (exact) mass is 213 g/mol. The number of hydrogen-bond acceptors (Lipinski definition) is 3. The molecule has 0 aromatic carbocycles. The first-order valence-corrected chi connectivity index (χ1v) is 5.29. The van der Waals surface area contributed by atoms with Crippen LogP contribution < -0.4 is 5.73 Å². The maximum atomic E-state index is 10.6. The molecule has 0 heterocycles. The van der Waals surface area contributed by atoms with Gasteiger partial charge in [0.05, 0.1) is 6.10 Å². The molecule has 4 nitrogen and oxygen atoms in total. The highest BCUT2D eigenvalue weighted by Crippen LogP contribution is 2.20. The second-order valence-corrected chi connectivity index (χ2v) is 4.01. The van der Waals surface area contributed by atoms with Gasteiger partial charge in [-0.15, -0.1) is 0 Å². The van der Waals surface area contributed by atoms with Crippen molar-refractivity contribution in [2.45, 2.75) is 38.4 Å². The van der Waals surface area contributed by atoms with Crippen LogP contribution in [0.4, 0.5) is 4.79 Å². The van der Waals surface area contributed by atoms with Gasteiger partial charge in [-0.2, -0.15) is 0 Å². The van der Waals surface area contributed by atoms with Gasteiger partial charge in [-0.3, -0.25) is 0 Å². The third-order valence-electron chi connectivity index (χ3n) is 2.66. The lowest BCUT2D eigenvalue weighted by molar-refractivity contribution is 0.0591. The van der Waals surface area contributed by atoms with Crippen LogP contribution in [0.3, 0.4) is 0 Å². The number of amides is 1. The van der Waals surface area contributed by atoms with Crippen molar-refractivity contribution in [1.29, 1.82) is 0 Å². The molecule has 0 bridgehead atoms. The Morgan fingerprint density at radius 2 is 2.13 bits per heavy atom. The molecule has 0 spiro atoms. The average Bonchev–Trinajstić information content (AvgIpc) is 2.16. The maximum absolute atomic E-state index is 10.6. The minimum atomic E-state index is -0.716. The van der Waals surface area contributed by atoms with Crippen molar-refractivity contribution in [3.8, 4) is 0 Å². The summed E-state index contributed by atoms with van der Waals surface area (Å²) >= 11 is 0. The lowest BCUT2D eigenvalue weighted by atomic mass is 9.95. The second-order valence-electron chi connectivity index (χ2n) is 4.01. The van der Waals surface area contributed by atoms with Crippen LogP contribution in [0.2, 0.25) is 0 Å². The van der Waals surface area contributed by atoms with Crippen molar-refractivity contribution in [3.63, 3.8) is 0 Å². The Labute approximate surface area is 90.4 Å². The van der Waals surface area contributed by atoms with Gasteiger partial charge in [-0.1, -0.05) is 13.0 Å². The molecule has 1 aliphatic carbocycles. The zero-order valence-corrected chi connectivity index (χ0v) is 9.31. The smallest absolute Gasteiger partial charge is 0.405 e. The summed E-state index contributed by atoms with van der Waals surface area (Å²) in [4.78, 5) is 10.6. The van der Waals surface area contributed by atoms with Crippen molar-refractivity contribution in [3.05, 3.63) is 12.2 Å². The molecule has 4 heteroatoms. The Bertz CT molecular complexity index is 240. The number of nitrogens with two attached hydrogens (primary N) is 1. The molecule has 3 unspecified atom stereocenters. The Morgan fingerprint density at radius 1 is 1.40 bits per heavy atom. The normalized spacial score (nSPS) is 31.7. The summed E-state index contributed by atoms with van der Waals surface area (Å²) < 4.78 is 10.3. The number of ether oxygens (including phenoxy) is 2. The average molecular weight is 213 g/mol. The fraction of sp³-hybridized carbons (Fsp3) is 0.727. The molecule has 0 fully saturated rings. The zero-order valence-electron chi connectivity index (χ0n) is 9.31. The van der Waals surface area contributed by atoms with E-state index in [1.807, 2.05) is 6.08 Å². The van der Waals surface area contributed by atoms with E-state index in [0.717, 1.165) is 19.3 Å². The molecular formula is C11H19NO3. The van der Waals surface area contributed by atoms with E-state index in [1.165, 1.54) is 0 Å². The summed E-state index contributed by atoms with van der Waals surface area (Å²) in [5.41, 5.74) is 4.99. The van der Waals surface area contributed by atoms with Gasteiger partial charge in [0.25, 0.3) is 0 Å². The number of primary amides is 1. The number of allylic oxidation sites excluding steroid dienone is 1. The van der Waals surface area contributed by atoms with Gasteiger partial charge in [0, 0.05) is 7.11 Å². The topological polar surface area (TPSA) is 61.6 Å². The Hall–Kier alpha value is -1.03. The molecule has 86 valence electrons. The summed E-state index contributed by atoms with van der Waals surface area (Å²) in [5.74, 6) is 0.439. The van der Waals surface area contributed by atoms with Gasteiger partial charge in [0.15, 0.2) is 0 Å². The first-order chi connectivity index (χ1) is 7.11. The largest absolute Gasteiger partial charge is 0.442 e. The highest BCUT2D eigenvalue weighted by atomic mass is 16.6. The molecule has 0 aliphatic heterocycles. The third-order valence-corrected chi connectivity index (χ3v) is 2.66. The highest BCUT2D eigenvalue weighted by Gasteiger charge is 2.18. The van der Waals surface area contributed by atoms with Crippen LogP contribution in [0.1, 0.15) is 26.2 Å². The van der Waals surface area contributed by atoms with Crippen molar-refractivity contribution >= 4 is 6.09 Å². The lowest BCUT2D eigenvalue weighted by Gasteiger charge is -2.23. The standard InChI is InChI=1S/C11H19NO3/c1-8-3-4-9(15-11(12)13)5-6-10(7-8)14-2/h3-4,8-10H,5-7H2,1-2H3,(H2,12,13).